The number of phenolic OH excluding ortho intramolecular Hbond substituents is 1. The Bertz CT molecular complexity index is 473. The van der Waals surface area contributed by atoms with Crippen molar-refractivity contribution in [2.45, 2.75) is 6.04 Å². The van der Waals surface area contributed by atoms with E-state index in [-0.39, 0.29) is 11.8 Å². The van der Waals surface area contributed by atoms with E-state index in [0.717, 1.165) is 10.9 Å². The van der Waals surface area contributed by atoms with Crippen molar-refractivity contribution in [2.75, 3.05) is 0 Å². The normalized spacial score (nSPS) is 12.9. The van der Waals surface area contributed by atoms with Crippen molar-refractivity contribution in [3.63, 3.8) is 0 Å². The molecular weight excluding hydrogens is 176 g/mol. The Kier molecular flexibility index (Phi) is 2.02. The van der Waals surface area contributed by atoms with E-state index in [9.17, 15) is 5.11 Å². The summed E-state index contributed by atoms with van der Waals surface area (Å²) in [6.45, 7) is 3.60. The summed E-state index contributed by atoms with van der Waals surface area (Å²) in [6, 6.07) is 5.11. The molecule has 3 nitrogen and oxygen atoms in total. The van der Waals surface area contributed by atoms with Gasteiger partial charge in [0.25, 0.3) is 0 Å². The van der Waals surface area contributed by atoms with Gasteiger partial charge in [0.1, 0.15) is 5.75 Å². The molecule has 1 heterocycles. The minimum atomic E-state index is -0.331. The predicted molar refractivity (Wildman–Crippen MR) is 57.1 cm³/mol. The van der Waals surface area contributed by atoms with E-state index in [1.54, 1.807) is 12.1 Å². The van der Waals surface area contributed by atoms with Gasteiger partial charge in [0.2, 0.25) is 0 Å². The van der Waals surface area contributed by atoms with Crippen LogP contribution in [0, 0.1) is 0 Å². The molecule has 1 aromatic carbocycles. The summed E-state index contributed by atoms with van der Waals surface area (Å²) in [5.41, 5.74) is 7.42. The van der Waals surface area contributed by atoms with Crippen molar-refractivity contribution in [3.8, 4) is 5.75 Å². The molecule has 0 saturated carbocycles. The van der Waals surface area contributed by atoms with Crippen molar-refractivity contribution in [1.82, 2.24) is 4.98 Å². The predicted octanol–water partition coefficient (Wildman–Crippen LogP) is 2.06. The van der Waals surface area contributed by atoms with Gasteiger partial charge in [-0.25, -0.2) is 0 Å². The van der Waals surface area contributed by atoms with Crippen LogP contribution in [0.2, 0.25) is 0 Å². The molecule has 2 rings (SSSR count). The zero-order valence-corrected chi connectivity index (χ0v) is 7.70. The van der Waals surface area contributed by atoms with Gasteiger partial charge in [-0.05, 0) is 18.2 Å². The van der Waals surface area contributed by atoms with Crippen molar-refractivity contribution in [3.05, 3.63) is 42.6 Å². The molecular formula is C11H12N2O. The highest BCUT2D eigenvalue weighted by molar-refractivity contribution is 5.82. The third kappa shape index (κ3) is 1.28. The highest BCUT2D eigenvalue weighted by Crippen LogP contribution is 2.28. The van der Waals surface area contributed by atoms with E-state index in [2.05, 4.69) is 11.6 Å². The molecule has 72 valence electrons. The van der Waals surface area contributed by atoms with Crippen LogP contribution in [0.3, 0.4) is 0 Å². The molecule has 1 atom stereocenters. The van der Waals surface area contributed by atoms with Crippen LogP contribution in [-0.4, -0.2) is 10.1 Å². The number of benzene rings is 1. The fraction of sp³-hybridized carbons (Fsp3) is 0.0909. The molecule has 0 aliphatic carbocycles. The van der Waals surface area contributed by atoms with Crippen LogP contribution in [0.15, 0.2) is 37.1 Å². The van der Waals surface area contributed by atoms with Gasteiger partial charge in [0.15, 0.2) is 0 Å². The summed E-state index contributed by atoms with van der Waals surface area (Å²) in [4.78, 5) is 3.07. The molecule has 0 spiro atoms. The lowest BCUT2D eigenvalue weighted by molar-refractivity contribution is 0.467. The number of aromatic nitrogens is 1. The minimum absolute atomic E-state index is 0.213. The van der Waals surface area contributed by atoms with Gasteiger partial charge in [0, 0.05) is 22.7 Å². The minimum Gasteiger partial charge on any atom is -0.508 e. The van der Waals surface area contributed by atoms with Crippen LogP contribution < -0.4 is 5.73 Å². The van der Waals surface area contributed by atoms with Gasteiger partial charge in [-0.3, -0.25) is 0 Å². The Balaban J connectivity index is 2.64. The second kappa shape index (κ2) is 3.20. The van der Waals surface area contributed by atoms with Crippen LogP contribution in [0.1, 0.15) is 11.6 Å². The zero-order chi connectivity index (χ0) is 10.1. The summed E-state index contributed by atoms with van der Waals surface area (Å²) in [7, 11) is 0. The Labute approximate surface area is 81.9 Å². The first-order valence-corrected chi connectivity index (χ1v) is 4.40. The van der Waals surface area contributed by atoms with Crippen LogP contribution >= 0.6 is 0 Å². The first-order chi connectivity index (χ1) is 6.72. The summed E-state index contributed by atoms with van der Waals surface area (Å²) < 4.78 is 0. The quantitative estimate of drug-likeness (QED) is 0.632. The fourth-order valence-corrected chi connectivity index (χ4v) is 1.50. The van der Waals surface area contributed by atoms with Crippen molar-refractivity contribution >= 4 is 10.9 Å². The number of hydrogen-bond acceptors (Lipinski definition) is 2. The molecule has 0 fully saturated rings. The molecule has 3 heteroatoms. The molecule has 4 N–H and O–H groups in total. The van der Waals surface area contributed by atoms with E-state index in [0.29, 0.717) is 5.56 Å². The zero-order valence-electron chi connectivity index (χ0n) is 7.70. The molecule has 0 aliphatic rings. The number of nitrogens with two attached hydrogens (primary N) is 1. The lowest BCUT2D eigenvalue weighted by Crippen LogP contribution is -2.06. The number of aromatic amines is 1. The third-order valence-electron chi connectivity index (χ3n) is 2.31. The van der Waals surface area contributed by atoms with Gasteiger partial charge < -0.3 is 15.8 Å². The van der Waals surface area contributed by atoms with Gasteiger partial charge >= 0.3 is 0 Å². The van der Waals surface area contributed by atoms with E-state index >= 15 is 0 Å². The lowest BCUT2D eigenvalue weighted by atomic mass is 10.0. The fourth-order valence-electron chi connectivity index (χ4n) is 1.50. The number of fused-ring (bicyclic) bond motifs is 1. The van der Waals surface area contributed by atoms with Crippen LogP contribution in [0.25, 0.3) is 10.9 Å². The maximum atomic E-state index is 9.69. The number of rotatable bonds is 2. The maximum absolute atomic E-state index is 9.69. The van der Waals surface area contributed by atoms with Crippen LogP contribution in [0.5, 0.6) is 5.75 Å². The van der Waals surface area contributed by atoms with Gasteiger partial charge in [-0.2, -0.15) is 0 Å². The monoisotopic (exact) mass is 188 g/mol. The summed E-state index contributed by atoms with van der Waals surface area (Å²) >= 11 is 0. The number of phenols is 1. The first kappa shape index (κ1) is 8.84. The number of H-pyrrole nitrogens is 1. The number of nitrogens with one attached hydrogen (secondary N) is 1. The molecule has 0 saturated heterocycles. The van der Waals surface area contributed by atoms with Gasteiger partial charge in [0.05, 0.1) is 6.04 Å². The van der Waals surface area contributed by atoms with E-state index in [1.807, 2.05) is 18.3 Å². The summed E-state index contributed by atoms with van der Waals surface area (Å²) in [5.74, 6) is 0.213. The second-order valence-electron chi connectivity index (χ2n) is 3.24. The van der Waals surface area contributed by atoms with E-state index in [1.165, 1.54) is 0 Å². The van der Waals surface area contributed by atoms with Crippen molar-refractivity contribution < 1.29 is 5.11 Å². The van der Waals surface area contributed by atoms with Crippen LogP contribution in [0.4, 0.5) is 0 Å². The topological polar surface area (TPSA) is 62.0 Å². The van der Waals surface area contributed by atoms with E-state index < -0.39 is 0 Å². The molecule has 0 radical (unpaired) electrons. The average molecular weight is 188 g/mol. The Hall–Kier alpha value is -1.74. The standard InChI is InChI=1S/C11H12N2O/c1-2-9(12)8-6-10-7(3-4-13-10)5-11(8)14/h2-6,9,13-14H,1,12H2/t9-/m1/s1. The van der Waals surface area contributed by atoms with Crippen molar-refractivity contribution in [2.24, 2.45) is 5.73 Å². The second-order valence-corrected chi connectivity index (χ2v) is 3.24. The highest BCUT2D eigenvalue weighted by Gasteiger charge is 2.09. The largest absolute Gasteiger partial charge is 0.508 e. The van der Waals surface area contributed by atoms with E-state index in [4.69, 9.17) is 5.73 Å². The lowest BCUT2D eigenvalue weighted by Gasteiger charge is -2.08. The third-order valence-corrected chi connectivity index (χ3v) is 2.31. The molecule has 0 unspecified atom stereocenters. The first-order valence-electron chi connectivity index (χ1n) is 4.40. The number of aromatic hydroxyl groups is 1. The number of hydrogen-bond donors (Lipinski definition) is 3. The van der Waals surface area contributed by atoms with Crippen molar-refractivity contribution in [1.29, 1.82) is 0 Å². The Morgan fingerprint density at radius 2 is 2.29 bits per heavy atom. The van der Waals surface area contributed by atoms with Gasteiger partial charge in [-0.15, -0.1) is 6.58 Å². The molecule has 0 bridgehead atoms. The van der Waals surface area contributed by atoms with Crippen LogP contribution in [-0.2, 0) is 0 Å². The summed E-state index contributed by atoms with van der Waals surface area (Å²) in [5, 5.41) is 10.7. The smallest absolute Gasteiger partial charge is 0.121 e. The Morgan fingerprint density at radius 3 is 3.00 bits per heavy atom. The average Bonchev–Trinajstić information content (AvgIpc) is 2.62. The Morgan fingerprint density at radius 1 is 1.50 bits per heavy atom. The molecule has 2 aromatic rings. The molecule has 1 aromatic heterocycles. The maximum Gasteiger partial charge on any atom is 0.121 e. The summed E-state index contributed by atoms with van der Waals surface area (Å²) in [6.07, 6.45) is 3.43. The molecule has 0 aliphatic heterocycles. The molecule has 0 amide bonds. The highest BCUT2D eigenvalue weighted by atomic mass is 16.3. The molecule has 14 heavy (non-hydrogen) atoms. The SMILES string of the molecule is C=C[C@@H](N)c1cc2[nH]ccc2cc1O. The van der Waals surface area contributed by atoms with Gasteiger partial charge in [-0.1, -0.05) is 6.08 Å².